The molecule has 1 saturated heterocycles. The van der Waals surface area contributed by atoms with Crippen LogP contribution in [0.25, 0.3) is 28.3 Å². The molecule has 1 fully saturated rings. The van der Waals surface area contributed by atoms with Crippen molar-refractivity contribution in [3.05, 3.63) is 70.8 Å². The molecule has 1 aliphatic rings. The molecule has 0 saturated carbocycles. The molecule has 5 rings (SSSR count). The largest absolute Gasteiger partial charge is 0.434 e. The molecule has 10 nitrogen and oxygen atoms in total. The molecular weight excluding hydrogens is 570 g/mol. The number of hydrogen-bond acceptors (Lipinski definition) is 7. The van der Waals surface area contributed by atoms with E-state index < -0.39 is 61.1 Å². The average molecular weight is 586 g/mol. The first kappa shape index (κ1) is 26.8. The van der Waals surface area contributed by atoms with Gasteiger partial charge in [0.2, 0.25) is 10.0 Å². The van der Waals surface area contributed by atoms with E-state index in [1.165, 1.54) is 24.3 Å². The van der Waals surface area contributed by atoms with Crippen molar-refractivity contribution in [1.29, 1.82) is 0 Å². The first-order chi connectivity index (χ1) is 18.4. The van der Waals surface area contributed by atoms with Crippen LogP contribution in [0.2, 0.25) is 5.02 Å². The van der Waals surface area contributed by atoms with Gasteiger partial charge < -0.3 is 4.52 Å². The molecule has 39 heavy (non-hydrogen) atoms. The van der Waals surface area contributed by atoms with Crippen molar-refractivity contribution in [1.82, 2.24) is 20.0 Å². The second kappa shape index (κ2) is 9.75. The van der Waals surface area contributed by atoms with Crippen LogP contribution in [0.1, 0.15) is 22.5 Å². The fourth-order valence-electron chi connectivity index (χ4n) is 4.07. The van der Waals surface area contributed by atoms with E-state index in [0.29, 0.717) is 11.1 Å². The van der Waals surface area contributed by atoms with Crippen LogP contribution < -0.4 is 5.14 Å². The lowest BCUT2D eigenvalue weighted by molar-refractivity contribution is -0.142. The van der Waals surface area contributed by atoms with Gasteiger partial charge in [0.15, 0.2) is 11.5 Å². The standard InChI is InChI=1S/C23H16ClF4N5O5S/c24-15-6-2-7-16(25)17(15)19-18(22(34)32-8-3-9-37-32)20(38-31-19)14-11-30-33(21(14)23(26,27)28)12-4-1-5-13(10-12)39(29,35)36/h1-2,4-7,10-11H,3,8-9H2,(H2,29,35,36). The summed E-state index contributed by atoms with van der Waals surface area (Å²) >= 11 is 6.16. The first-order valence-corrected chi connectivity index (χ1v) is 13.0. The van der Waals surface area contributed by atoms with Crippen LogP contribution in [0.5, 0.6) is 0 Å². The lowest BCUT2D eigenvalue weighted by atomic mass is 10.0. The smallest absolute Gasteiger partial charge is 0.355 e. The van der Waals surface area contributed by atoms with Crippen molar-refractivity contribution in [3.8, 4) is 28.3 Å². The maximum absolute atomic E-state index is 14.8. The lowest BCUT2D eigenvalue weighted by Crippen LogP contribution is -2.27. The average Bonchev–Trinajstić information content (AvgIpc) is 3.62. The molecule has 2 N–H and O–H groups in total. The summed E-state index contributed by atoms with van der Waals surface area (Å²) in [5, 5.41) is 13.4. The van der Waals surface area contributed by atoms with Crippen molar-refractivity contribution in [2.75, 3.05) is 13.2 Å². The van der Waals surface area contributed by atoms with E-state index in [9.17, 15) is 30.8 Å². The van der Waals surface area contributed by atoms with E-state index in [-0.39, 0.29) is 29.4 Å². The molecule has 204 valence electrons. The number of carbonyl (C=O) groups excluding carboxylic acids is 1. The van der Waals surface area contributed by atoms with Gasteiger partial charge in [-0.15, -0.1) is 0 Å². The van der Waals surface area contributed by atoms with Crippen LogP contribution in [0, 0.1) is 5.82 Å². The van der Waals surface area contributed by atoms with Crippen molar-refractivity contribution in [2.24, 2.45) is 5.14 Å². The van der Waals surface area contributed by atoms with E-state index in [1.54, 1.807) is 0 Å². The van der Waals surface area contributed by atoms with Gasteiger partial charge in [0, 0.05) is 0 Å². The van der Waals surface area contributed by atoms with Crippen molar-refractivity contribution in [3.63, 3.8) is 0 Å². The van der Waals surface area contributed by atoms with Gasteiger partial charge in [-0.05, 0) is 36.8 Å². The normalized spacial score (nSPS) is 14.3. The van der Waals surface area contributed by atoms with Gasteiger partial charge in [0.1, 0.15) is 17.1 Å². The number of primary sulfonamides is 1. The number of aromatic nitrogens is 3. The van der Waals surface area contributed by atoms with Gasteiger partial charge in [0.05, 0.1) is 46.1 Å². The molecule has 0 bridgehead atoms. The minimum absolute atomic E-state index is 0.111. The Morgan fingerprint density at radius 3 is 2.54 bits per heavy atom. The number of nitrogens with zero attached hydrogens (tertiary/aromatic N) is 4. The molecule has 0 radical (unpaired) electrons. The lowest BCUT2D eigenvalue weighted by Gasteiger charge is -2.16. The van der Waals surface area contributed by atoms with E-state index in [0.717, 1.165) is 29.5 Å². The highest BCUT2D eigenvalue weighted by atomic mass is 35.5. The topological polar surface area (TPSA) is 134 Å². The van der Waals surface area contributed by atoms with E-state index in [1.807, 2.05) is 0 Å². The molecular formula is C23H16ClF4N5O5S. The number of sulfonamides is 1. The van der Waals surface area contributed by atoms with Crippen molar-refractivity contribution < 1.29 is 40.1 Å². The molecule has 3 heterocycles. The van der Waals surface area contributed by atoms with Gasteiger partial charge in [-0.3, -0.25) is 9.63 Å². The first-order valence-electron chi connectivity index (χ1n) is 11.1. The van der Waals surface area contributed by atoms with Gasteiger partial charge in [-0.25, -0.2) is 27.7 Å². The molecule has 16 heteroatoms. The fourth-order valence-corrected chi connectivity index (χ4v) is 4.88. The van der Waals surface area contributed by atoms with E-state index in [2.05, 4.69) is 10.3 Å². The van der Waals surface area contributed by atoms with Crippen molar-refractivity contribution >= 4 is 27.5 Å². The molecule has 1 aliphatic heterocycles. The van der Waals surface area contributed by atoms with E-state index in [4.69, 9.17) is 26.1 Å². The minimum atomic E-state index is -5.10. The van der Waals surface area contributed by atoms with Crippen LogP contribution in [0.4, 0.5) is 17.6 Å². The molecule has 0 atom stereocenters. The number of hydrogen-bond donors (Lipinski definition) is 1. The predicted molar refractivity (Wildman–Crippen MR) is 127 cm³/mol. The number of benzene rings is 2. The summed E-state index contributed by atoms with van der Waals surface area (Å²) in [6, 6.07) is 8.01. The Balaban J connectivity index is 1.77. The highest BCUT2D eigenvalue weighted by Gasteiger charge is 2.43. The second-order valence-electron chi connectivity index (χ2n) is 8.28. The Hall–Kier alpha value is -3.79. The molecule has 0 unspecified atom stereocenters. The number of rotatable bonds is 5. The Morgan fingerprint density at radius 1 is 1.15 bits per heavy atom. The van der Waals surface area contributed by atoms with Crippen LogP contribution in [-0.4, -0.2) is 47.5 Å². The molecule has 2 aromatic carbocycles. The third kappa shape index (κ3) is 4.89. The molecule has 0 aliphatic carbocycles. The van der Waals surface area contributed by atoms with Gasteiger partial charge in [-0.1, -0.05) is 28.9 Å². The summed E-state index contributed by atoms with van der Waals surface area (Å²) < 4.78 is 87.4. The third-order valence-corrected chi connectivity index (χ3v) is 6.98. The van der Waals surface area contributed by atoms with E-state index >= 15 is 0 Å². The number of nitrogens with two attached hydrogens (primary N) is 1. The molecule has 1 amide bonds. The SMILES string of the molecule is NS(=O)(=O)c1cccc(-n2ncc(-c3onc(-c4c(F)cccc4Cl)c3C(=O)N3CCCO3)c2C(F)(F)F)c1. The zero-order chi connectivity index (χ0) is 28.1. The summed E-state index contributed by atoms with van der Waals surface area (Å²) in [7, 11) is -4.25. The predicted octanol–water partition coefficient (Wildman–Crippen LogP) is 4.43. The summed E-state index contributed by atoms with van der Waals surface area (Å²) in [5.41, 5.74) is -3.78. The van der Waals surface area contributed by atoms with Gasteiger partial charge in [-0.2, -0.15) is 18.3 Å². The fraction of sp³-hybridized carbons (Fsp3) is 0.174. The zero-order valence-electron chi connectivity index (χ0n) is 19.4. The van der Waals surface area contributed by atoms with Gasteiger partial charge in [0.25, 0.3) is 5.91 Å². The third-order valence-electron chi connectivity index (χ3n) is 5.76. The number of halogens is 5. The Labute approximate surface area is 222 Å². The highest BCUT2D eigenvalue weighted by Crippen LogP contribution is 2.43. The van der Waals surface area contributed by atoms with Crippen LogP contribution in [-0.2, 0) is 21.0 Å². The number of carbonyl (C=O) groups is 1. The molecule has 2 aromatic heterocycles. The molecule has 4 aromatic rings. The quantitative estimate of drug-likeness (QED) is 0.343. The Morgan fingerprint density at radius 2 is 1.90 bits per heavy atom. The minimum Gasteiger partial charge on any atom is -0.355 e. The Bertz CT molecular complexity index is 1680. The molecule has 0 spiro atoms. The summed E-state index contributed by atoms with van der Waals surface area (Å²) in [4.78, 5) is 18.3. The monoisotopic (exact) mass is 585 g/mol. The number of alkyl halides is 3. The number of amides is 1. The van der Waals surface area contributed by atoms with Crippen LogP contribution in [0.15, 0.2) is 58.1 Å². The van der Waals surface area contributed by atoms with Gasteiger partial charge >= 0.3 is 6.18 Å². The van der Waals surface area contributed by atoms with Crippen molar-refractivity contribution in [2.45, 2.75) is 17.5 Å². The Kier molecular flexibility index (Phi) is 6.70. The maximum atomic E-state index is 14.8. The second-order valence-corrected chi connectivity index (χ2v) is 10.3. The highest BCUT2D eigenvalue weighted by molar-refractivity contribution is 7.89. The summed E-state index contributed by atoms with van der Waals surface area (Å²) in [5.74, 6) is -2.51. The van der Waals surface area contributed by atoms with Crippen LogP contribution >= 0.6 is 11.6 Å². The number of hydroxylamine groups is 2. The van der Waals surface area contributed by atoms with Crippen LogP contribution in [0.3, 0.4) is 0 Å². The summed E-state index contributed by atoms with van der Waals surface area (Å²) in [6.07, 6.45) is -3.88. The zero-order valence-corrected chi connectivity index (χ0v) is 21.0. The maximum Gasteiger partial charge on any atom is 0.434 e. The summed E-state index contributed by atoms with van der Waals surface area (Å²) in [6.45, 7) is 0.286.